The lowest BCUT2D eigenvalue weighted by Gasteiger charge is -2.21. The van der Waals surface area contributed by atoms with Crippen LogP contribution in [0.4, 0.5) is 5.69 Å². The van der Waals surface area contributed by atoms with Crippen LogP contribution < -0.4 is 5.32 Å². The fourth-order valence-corrected chi connectivity index (χ4v) is 2.41. The Bertz CT molecular complexity index is 575. The van der Waals surface area contributed by atoms with Crippen LogP contribution in [-0.4, -0.2) is 16.0 Å². The van der Waals surface area contributed by atoms with Crippen molar-refractivity contribution in [2.45, 2.75) is 59.4 Å². The van der Waals surface area contributed by atoms with E-state index < -0.39 is 0 Å². The maximum absolute atomic E-state index is 4.68. The Kier molecular flexibility index (Phi) is 4.07. The summed E-state index contributed by atoms with van der Waals surface area (Å²) in [5, 5.41) is 3.62. The topological polar surface area (TPSA) is 40.7 Å². The minimum Gasteiger partial charge on any atom is -0.382 e. The molecule has 3 nitrogen and oxygen atoms in total. The number of nitrogens with zero attached hydrogens (tertiary/aromatic N) is 1. The fraction of sp³-hybridized carbons (Fsp3) is 0.588. The van der Waals surface area contributed by atoms with Crippen LogP contribution in [-0.2, 0) is 5.41 Å². The number of hydrogen-bond acceptors (Lipinski definition) is 2. The van der Waals surface area contributed by atoms with Crippen molar-refractivity contribution >= 4 is 16.7 Å². The first-order chi connectivity index (χ1) is 9.31. The van der Waals surface area contributed by atoms with E-state index in [2.05, 4.69) is 75.0 Å². The number of anilines is 1. The second kappa shape index (κ2) is 5.47. The molecule has 0 aliphatic rings. The molecule has 20 heavy (non-hydrogen) atoms. The summed E-state index contributed by atoms with van der Waals surface area (Å²) in [6.07, 6.45) is 1.13. The molecule has 1 heterocycles. The first-order valence-electron chi connectivity index (χ1n) is 7.58. The monoisotopic (exact) mass is 273 g/mol. The summed E-state index contributed by atoms with van der Waals surface area (Å²) in [6.45, 7) is 13.3. The van der Waals surface area contributed by atoms with Gasteiger partial charge in [0, 0.05) is 17.1 Å². The molecule has 1 atom stereocenters. The zero-order valence-corrected chi connectivity index (χ0v) is 13.5. The first kappa shape index (κ1) is 14.9. The Morgan fingerprint density at radius 3 is 2.50 bits per heavy atom. The highest BCUT2D eigenvalue weighted by molar-refractivity contribution is 5.79. The van der Waals surface area contributed by atoms with Gasteiger partial charge in [-0.2, -0.15) is 0 Å². The van der Waals surface area contributed by atoms with Gasteiger partial charge in [0.1, 0.15) is 5.82 Å². The summed E-state index contributed by atoms with van der Waals surface area (Å²) in [7, 11) is 0. The molecular formula is C17H27N3. The van der Waals surface area contributed by atoms with Crippen molar-refractivity contribution in [1.29, 1.82) is 0 Å². The predicted molar refractivity (Wildman–Crippen MR) is 87.3 cm³/mol. The lowest BCUT2D eigenvalue weighted by atomic mass is 9.96. The van der Waals surface area contributed by atoms with E-state index in [0.29, 0.717) is 12.0 Å². The summed E-state index contributed by atoms with van der Waals surface area (Å²) in [5.74, 6) is 1.67. The SMILES string of the molecule is CCC(Nc1ccc2nc(C(C)(C)C)[nH]c2c1)C(C)C. The highest BCUT2D eigenvalue weighted by Gasteiger charge is 2.18. The average Bonchev–Trinajstić information content (AvgIpc) is 2.78. The van der Waals surface area contributed by atoms with Crippen molar-refractivity contribution in [3.05, 3.63) is 24.0 Å². The number of hydrogen-bond donors (Lipinski definition) is 2. The van der Waals surface area contributed by atoms with Gasteiger partial charge in [-0.05, 0) is 30.5 Å². The van der Waals surface area contributed by atoms with Gasteiger partial charge in [-0.3, -0.25) is 0 Å². The van der Waals surface area contributed by atoms with Gasteiger partial charge in [-0.25, -0.2) is 4.98 Å². The van der Waals surface area contributed by atoms with Crippen LogP contribution in [0.1, 0.15) is 53.8 Å². The van der Waals surface area contributed by atoms with E-state index in [-0.39, 0.29) is 5.41 Å². The fourth-order valence-electron chi connectivity index (χ4n) is 2.41. The molecule has 0 saturated carbocycles. The van der Waals surface area contributed by atoms with E-state index in [1.54, 1.807) is 0 Å². The Morgan fingerprint density at radius 1 is 1.25 bits per heavy atom. The molecule has 2 rings (SSSR count). The van der Waals surface area contributed by atoms with E-state index in [4.69, 9.17) is 0 Å². The van der Waals surface area contributed by atoms with Crippen LogP contribution in [0.2, 0.25) is 0 Å². The second-order valence-corrected chi connectivity index (χ2v) is 6.97. The predicted octanol–water partition coefficient (Wildman–Crippen LogP) is 4.71. The lowest BCUT2D eigenvalue weighted by molar-refractivity contribution is 0.511. The van der Waals surface area contributed by atoms with Gasteiger partial charge in [-0.15, -0.1) is 0 Å². The molecular weight excluding hydrogens is 246 g/mol. The Hall–Kier alpha value is -1.51. The molecule has 1 aromatic heterocycles. The van der Waals surface area contributed by atoms with E-state index in [9.17, 15) is 0 Å². The number of nitrogens with one attached hydrogen (secondary N) is 2. The molecule has 0 aliphatic carbocycles. The molecule has 0 fully saturated rings. The molecule has 3 heteroatoms. The number of imidazole rings is 1. The summed E-state index contributed by atoms with van der Waals surface area (Å²) >= 11 is 0. The highest BCUT2D eigenvalue weighted by atomic mass is 15.0. The average molecular weight is 273 g/mol. The normalized spacial score (nSPS) is 13.9. The quantitative estimate of drug-likeness (QED) is 0.847. The Labute approximate surface area is 122 Å². The third-order valence-electron chi connectivity index (χ3n) is 3.79. The zero-order valence-electron chi connectivity index (χ0n) is 13.5. The van der Waals surface area contributed by atoms with Crippen molar-refractivity contribution < 1.29 is 0 Å². The molecule has 0 saturated heterocycles. The van der Waals surface area contributed by atoms with Gasteiger partial charge < -0.3 is 10.3 Å². The van der Waals surface area contributed by atoms with E-state index in [0.717, 1.165) is 23.3 Å². The standard InChI is InChI=1S/C17H27N3/c1-7-13(11(2)3)18-12-8-9-14-15(10-12)20-16(19-14)17(4,5)6/h8-11,13,18H,7H2,1-6H3,(H,19,20). The maximum atomic E-state index is 4.68. The number of rotatable bonds is 4. The maximum Gasteiger partial charge on any atom is 0.112 e. The van der Waals surface area contributed by atoms with Gasteiger partial charge >= 0.3 is 0 Å². The van der Waals surface area contributed by atoms with Crippen LogP contribution in [0.3, 0.4) is 0 Å². The Morgan fingerprint density at radius 2 is 1.95 bits per heavy atom. The van der Waals surface area contributed by atoms with E-state index >= 15 is 0 Å². The molecule has 110 valence electrons. The number of H-pyrrole nitrogens is 1. The van der Waals surface area contributed by atoms with E-state index in [1.165, 1.54) is 5.69 Å². The summed E-state index contributed by atoms with van der Waals surface area (Å²) < 4.78 is 0. The molecule has 0 radical (unpaired) electrons. The summed E-state index contributed by atoms with van der Waals surface area (Å²) in [5.41, 5.74) is 3.37. The number of fused-ring (bicyclic) bond motifs is 1. The largest absolute Gasteiger partial charge is 0.382 e. The van der Waals surface area contributed by atoms with Gasteiger partial charge in [-0.1, -0.05) is 41.5 Å². The van der Waals surface area contributed by atoms with Crippen LogP contribution in [0, 0.1) is 5.92 Å². The molecule has 1 unspecified atom stereocenters. The van der Waals surface area contributed by atoms with Crippen molar-refractivity contribution in [3.8, 4) is 0 Å². The van der Waals surface area contributed by atoms with Crippen LogP contribution in [0.25, 0.3) is 11.0 Å². The molecule has 2 N–H and O–H groups in total. The third kappa shape index (κ3) is 3.14. The number of aromatic amines is 1. The highest BCUT2D eigenvalue weighted by Crippen LogP contribution is 2.25. The molecule has 0 amide bonds. The number of aromatic nitrogens is 2. The summed E-state index contributed by atoms with van der Waals surface area (Å²) in [4.78, 5) is 8.12. The third-order valence-corrected chi connectivity index (χ3v) is 3.79. The molecule has 0 spiro atoms. The summed E-state index contributed by atoms with van der Waals surface area (Å²) in [6, 6.07) is 6.90. The number of benzene rings is 1. The zero-order chi connectivity index (χ0) is 14.9. The first-order valence-corrected chi connectivity index (χ1v) is 7.58. The lowest BCUT2D eigenvalue weighted by Crippen LogP contribution is -2.24. The van der Waals surface area contributed by atoms with Gasteiger partial charge in [0.15, 0.2) is 0 Å². The minimum atomic E-state index is 0.0521. The Balaban J connectivity index is 2.29. The van der Waals surface area contributed by atoms with E-state index in [1.807, 2.05) is 0 Å². The van der Waals surface area contributed by atoms with Crippen molar-refractivity contribution in [1.82, 2.24) is 9.97 Å². The van der Waals surface area contributed by atoms with Crippen LogP contribution >= 0.6 is 0 Å². The second-order valence-electron chi connectivity index (χ2n) is 6.97. The minimum absolute atomic E-state index is 0.0521. The molecule has 0 aliphatic heterocycles. The van der Waals surface area contributed by atoms with Crippen molar-refractivity contribution in [2.24, 2.45) is 5.92 Å². The molecule has 2 aromatic rings. The van der Waals surface area contributed by atoms with Gasteiger partial charge in [0.25, 0.3) is 0 Å². The van der Waals surface area contributed by atoms with Gasteiger partial charge in [0.05, 0.1) is 11.0 Å². The molecule has 0 bridgehead atoms. The van der Waals surface area contributed by atoms with Crippen LogP contribution in [0.15, 0.2) is 18.2 Å². The van der Waals surface area contributed by atoms with Crippen molar-refractivity contribution in [3.63, 3.8) is 0 Å². The van der Waals surface area contributed by atoms with Crippen molar-refractivity contribution in [2.75, 3.05) is 5.32 Å². The molecule has 1 aromatic carbocycles. The van der Waals surface area contributed by atoms with Gasteiger partial charge in [0.2, 0.25) is 0 Å². The smallest absolute Gasteiger partial charge is 0.112 e. The van der Waals surface area contributed by atoms with Crippen LogP contribution in [0.5, 0.6) is 0 Å².